The molecule has 0 aromatic heterocycles. The first kappa shape index (κ1) is 19.5. The molecule has 0 unspecified atom stereocenters. The Kier molecular flexibility index (Phi) is 7.94. The zero-order valence-corrected chi connectivity index (χ0v) is 14.8. The van der Waals surface area contributed by atoms with E-state index in [0.717, 1.165) is 18.4 Å². The summed E-state index contributed by atoms with van der Waals surface area (Å²) in [5, 5.41) is 1.01. The van der Waals surface area contributed by atoms with Crippen LogP contribution in [0.5, 0.6) is 0 Å². The molecule has 22 heavy (non-hydrogen) atoms. The molecule has 1 aromatic rings. The second kappa shape index (κ2) is 8.94. The number of benzene rings is 1. The number of nitrogens with zero attached hydrogens (tertiary/aromatic N) is 1. The quantitative estimate of drug-likeness (QED) is 0.869. The Morgan fingerprint density at radius 1 is 1.36 bits per heavy atom. The lowest BCUT2D eigenvalue weighted by Gasteiger charge is -2.24. The van der Waals surface area contributed by atoms with Crippen LogP contribution in [0.4, 0.5) is 0 Å². The lowest BCUT2D eigenvalue weighted by atomic mass is 10.1. The second-order valence-corrected chi connectivity index (χ2v) is 5.98. The molecule has 0 radical (unpaired) electrons. The van der Waals surface area contributed by atoms with Crippen molar-refractivity contribution in [2.24, 2.45) is 5.73 Å². The summed E-state index contributed by atoms with van der Waals surface area (Å²) in [5.41, 5.74) is 6.53. The van der Waals surface area contributed by atoms with Crippen molar-refractivity contribution in [1.29, 1.82) is 0 Å². The Labute approximate surface area is 147 Å². The smallest absolute Gasteiger partial charge is 0.252 e. The fraction of sp³-hybridized carbons (Fsp3) is 0.533. The molecule has 0 bridgehead atoms. The Morgan fingerprint density at radius 3 is 2.64 bits per heavy atom. The third-order valence-corrected chi connectivity index (χ3v) is 4.44. The summed E-state index contributed by atoms with van der Waals surface area (Å²) in [7, 11) is 0. The minimum Gasteiger partial charge on any atom is -0.364 e. The summed E-state index contributed by atoms with van der Waals surface area (Å²) in [5.74, 6) is 0.0134. The van der Waals surface area contributed by atoms with Crippen LogP contribution in [-0.4, -0.2) is 36.1 Å². The highest BCUT2D eigenvalue weighted by atomic mass is 35.5. The SMILES string of the molecule is CCN(Cc1ccc(Cl)c(Cl)c1)C(=O)[C@@H]1CC[C@H](CN)O1.Cl. The molecule has 0 aliphatic carbocycles. The van der Waals surface area contributed by atoms with Gasteiger partial charge in [0.05, 0.1) is 16.1 Å². The van der Waals surface area contributed by atoms with E-state index in [-0.39, 0.29) is 30.5 Å². The number of carbonyl (C=O) groups is 1. The Balaban J connectivity index is 0.00000242. The highest BCUT2D eigenvalue weighted by Crippen LogP contribution is 2.25. The van der Waals surface area contributed by atoms with Crippen LogP contribution in [0.3, 0.4) is 0 Å². The number of halogens is 3. The summed E-state index contributed by atoms with van der Waals surface area (Å²) in [6.45, 7) is 3.53. The van der Waals surface area contributed by atoms with E-state index in [0.29, 0.717) is 29.7 Å². The van der Waals surface area contributed by atoms with E-state index >= 15 is 0 Å². The third kappa shape index (κ3) is 4.74. The van der Waals surface area contributed by atoms with Gasteiger partial charge < -0.3 is 15.4 Å². The Bertz CT molecular complexity index is 514. The molecule has 1 aliphatic heterocycles. The van der Waals surface area contributed by atoms with Crippen LogP contribution in [0.2, 0.25) is 10.0 Å². The van der Waals surface area contributed by atoms with Gasteiger partial charge in [0.1, 0.15) is 6.10 Å². The first-order valence-corrected chi connectivity index (χ1v) is 7.89. The van der Waals surface area contributed by atoms with Crippen LogP contribution in [0.25, 0.3) is 0 Å². The lowest BCUT2D eigenvalue weighted by Crippen LogP contribution is -2.39. The van der Waals surface area contributed by atoms with Gasteiger partial charge in [0.25, 0.3) is 5.91 Å². The van der Waals surface area contributed by atoms with E-state index in [1.54, 1.807) is 17.0 Å². The molecule has 1 aromatic carbocycles. The van der Waals surface area contributed by atoms with Crippen molar-refractivity contribution in [3.8, 4) is 0 Å². The highest BCUT2D eigenvalue weighted by Gasteiger charge is 2.32. The van der Waals surface area contributed by atoms with Gasteiger partial charge in [-0.2, -0.15) is 0 Å². The van der Waals surface area contributed by atoms with E-state index in [2.05, 4.69) is 0 Å². The van der Waals surface area contributed by atoms with Crippen LogP contribution in [-0.2, 0) is 16.1 Å². The number of rotatable bonds is 5. The van der Waals surface area contributed by atoms with Gasteiger partial charge >= 0.3 is 0 Å². The number of amides is 1. The molecular formula is C15H21Cl3N2O2. The fourth-order valence-corrected chi connectivity index (χ4v) is 2.79. The van der Waals surface area contributed by atoms with E-state index < -0.39 is 0 Å². The van der Waals surface area contributed by atoms with Gasteiger partial charge in [0, 0.05) is 19.6 Å². The van der Waals surface area contributed by atoms with Crippen LogP contribution < -0.4 is 5.73 Å². The van der Waals surface area contributed by atoms with Crippen molar-refractivity contribution in [3.63, 3.8) is 0 Å². The molecule has 2 N–H and O–H groups in total. The summed E-state index contributed by atoms with van der Waals surface area (Å²) >= 11 is 11.9. The van der Waals surface area contributed by atoms with Crippen molar-refractivity contribution < 1.29 is 9.53 Å². The Morgan fingerprint density at radius 2 is 2.09 bits per heavy atom. The average molecular weight is 368 g/mol. The monoisotopic (exact) mass is 366 g/mol. The van der Waals surface area contributed by atoms with E-state index in [1.165, 1.54) is 0 Å². The van der Waals surface area contributed by atoms with Gasteiger partial charge in [-0.25, -0.2) is 0 Å². The lowest BCUT2D eigenvalue weighted by molar-refractivity contribution is -0.143. The van der Waals surface area contributed by atoms with E-state index in [9.17, 15) is 4.79 Å². The molecule has 4 nitrogen and oxygen atoms in total. The zero-order valence-electron chi connectivity index (χ0n) is 12.4. The molecule has 2 atom stereocenters. The maximum atomic E-state index is 12.5. The van der Waals surface area contributed by atoms with Crippen molar-refractivity contribution in [3.05, 3.63) is 33.8 Å². The molecule has 7 heteroatoms. The fourth-order valence-electron chi connectivity index (χ4n) is 2.47. The van der Waals surface area contributed by atoms with Gasteiger partial charge in [-0.15, -0.1) is 12.4 Å². The Hall–Kier alpha value is -0.520. The minimum atomic E-state index is -0.374. The number of ether oxygens (including phenoxy) is 1. The van der Waals surface area contributed by atoms with Gasteiger partial charge in [-0.05, 0) is 37.5 Å². The molecule has 124 valence electrons. The summed E-state index contributed by atoms with van der Waals surface area (Å²) in [4.78, 5) is 14.3. The van der Waals surface area contributed by atoms with Gasteiger partial charge in [0.15, 0.2) is 0 Å². The number of carbonyl (C=O) groups excluding carboxylic acids is 1. The van der Waals surface area contributed by atoms with Crippen molar-refractivity contribution in [2.45, 2.75) is 38.5 Å². The molecule has 1 aliphatic rings. The van der Waals surface area contributed by atoms with Crippen molar-refractivity contribution in [1.82, 2.24) is 4.90 Å². The van der Waals surface area contributed by atoms with Crippen LogP contribution in [0, 0.1) is 0 Å². The number of nitrogens with two attached hydrogens (primary N) is 1. The summed E-state index contributed by atoms with van der Waals surface area (Å²) in [6, 6.07) is 5.41. The number of likely N-dealkylation sites (N-methyl/N-ethyl adjacent to an activating group) is 1. The normalized spacial score (nSPS) is 20.5. The topological polar surface area (TPSA) is 55.6 Å². The average Bonchev–Trinajstić information content (AvgIpc) is 2.96. The van der Waals surface area contributed by atoms with Gasteiger partial charge in [-0.3, -0.25) is 4.79 Å². The van der Waals surface area contributed by atoms with Crippen LogP contribution in [0.1, 0.15) is 25.3 Å². The van der Waals surface area contributed by atoms with Crippen molar-refractivity contribution >= 4 is 41.5 Å². The predicted octanol–water partition coefficient (Wildman–Crippen LogP) is 3.27. The molecule has 1 fully saturated rings. The first-order chi connectivity index (χ1) is 10.0. The first-order valence-electron chi connectivity index (χ1n) is 7.13. The summed E-state index contributed by atoms with van der Waals surface area (Å²) < 4.78 is 5.67. The predicted molar refractivity (Wildman–Crippen MR) is 91.8 cm³/mol. The largest absolute Gasteiger partial charge is 0.364 e. The van der Waals surface area contributed by atoms with Crippen LogP contribution in [0.15, 0.2) is 18.2 Å². The van der Waals surface area contributed by atoms with E-state index in [4.69, 9.17) is 33.7 Å². The minimum absolute atomic E-state index is 0. The molecule has 0 saturated carbocycles. The maximum Gasteiger partial charge on any atom is 0.252 e. The highest BCUT2D eigenvalue weighted by molar-refractivity contribution is 6.42. The second-order valence-electron chi connectivity index (χ2n) is 5.16. The van der Waals surface area contributed by atoms with Crippen LogP contribution >= 0.6 is 35.6 Å². The number of hydrogen-bond donors (Lipinski definition) is 1. The van der Waals surface area contributed by atoms with Crippen molar-refractivity contribution in [2.75, 3.05) is 13.1 Å². The molecular weight excluding hydrogens is 347 g/mol. The zero-order chi connectivity index (χ0) is 15.4. The molecule has 1 heterocycles. The molecule has 1 saturated heterocycles. The third-order valence-electron chi connectivity index (χ3n) is 3.70. The number of hydrogen-bond acceptors (Lipinski definition) is 3. The summed E-state index contributed by atoms with van der Waals surface area (Å²) in [6.07, 6.45) is 1.21. The molecule has 0 spiro atoms. The maximum absolute atomic E-state index is 12.5. The van der Waals surface area contributed by atoms with E-state index in [1.807, 2.05) is 13.0 Å². The van der Waals surface area contributed by atoms with Gasteiger partial charge in [0.2, 0.25) is 0 Å². The molecule has 1 amide bonds. The standard InChI is InChI=1S/C15H20Cl2N2O2.ClH/c1-2-19(9-10-3-5-12(16)13(17)7-10)15(20)14-6-4-11(8-18)21-14;/h3,5,7,11,14H,2,4,6,8-9,18H2,1H3;1H/t11-,14+;/m1./s1. The molecule has 2 rings (SSSR count). The van der Waals surface area contributed by atoms with Gasteiger partial charge in [-0.1, -0.05) is 29.3 Å².